The zero-order chi connectivity index (χ0) is 48.9. The monoisotopic (exact) mass is 1350 g/mol. The fourth-order valence-corrected chi connectivity index (χ4v) is 15.3. The molecule has 2 nitrogen and oxygen atoms in total. The molecule has 0 aliphatic rings. The number of hydrogen-bond donors (Lipinski definition) is 0. The molecule has 12 rings (SSSR count). The Morgan fingerprint density at radius 1 is 0.297 bits per heavy atom. The predicted octanol–water partition coefficient (Wildman–Crippen LogP) is 14.9. The summed E-state index contributed by atoms with van der Waals surface area (Å²) in [4.78, 5) is 0. The number of benzene rings is 10. The van der Waals surface area contributed by atoms with Crippen LogP contribution in [0.25, 0.3) is 55.0 Å². The Morgan fingerprint density at radius 3 is 1.03 bits per heavy atom. The Balaban J connectivity index is 0.000000149. The minimum absolute atomic E-state index is 0. The van der Waals surface area contributed by atoms with Gasteiger partial charge in [0.05, 0.1) is 65.9 Å². The maximum atomic E-state index is 7.37. The molecule has 0 bridgehead atoms. The molecule has 2 aromatic heterocycles. The van der Waals surface area contributed by atoms with Gasteiger partial charge in [-0.2, -0.15) is 0 Å². The van der Waals surface area contributed by atoms with Crippen LogP contribution in [0, 0.1) is 24.7 Å². The zero-order valence-corrected chi connectivity index (χ0v) is 47.1. The number of fused-ring (bicyclic) bond motifs is 6. The van der Waals surface area contributed by atoms with E-state index in [1.54, 1.807) is 0 Å². The van der Waals surface area contributed by atoms with Crippen molar-refractivity contribution < 1.29 is 44.8 Å². The van der Waals surface area contributed by atoms with Crippen molar-refractivity contribution in [1.82, 2.24) is 9.13 Å². The van der Waals surface area contributed by atoms with Gasteiger partial charge in [-0.1, -0.05) is 158 Å². The number of rotatable bonds is 11. The van der Waals surface area contributed by atoms with Crippen molar-refractivity contribution in [3.63, 3.8) is 0 Å². The van der Waals surface area contributed by atoms with Crippen molar-refractivity contribution in [3.05, 3.63) is 291 Å². The molecule has 0 aliphatic carbocycles. The van der Waals surface area contributed by atoms with Crippen LogP contribution in [0.4, 0.5) is 0 Å². The van der Waals surface area contributed by atoms with E-state index >= 15 is 0 Å². The topological polar surface area (TPSA) is 9.86 Å². The van der Waals surface area contributed by atoms with Gasteiger partial charge in [-0.15, -0.1) is 35.4 Å². The summed E-state index contributed by atoms with van der Waals surface area (Å²) in [6, 6.07) is 94.2. The van der Waals surface area contributed by atoms with Gasteiger partial charge in [-0.3, -0.25) is 11.8 Å². The van der Waals surface area contributed by atoms with Gasteiger partial charge >= 0.3 is 44.8 Å². The molecule has 2 heterocycles. The van der Waals surface area contributed by atoms with E-state index in [4.69, 9.17) is 12.8 Å². The SMILES string of the molecule is [Au+].[Au+].[C-]#Cc1ccc2c(c1)c1ccccc1n2-c1ccccc1.[C-]#Cc1ccc2c3ccccc3n(-c3ccccc3)c2c1.c1ccc([PH+](CCCC[PH+](c2ccccc2)c2ccccc2)c2ccccc2)cc1. The van der Waals surface area contributed by atoms with E-state index in [1.807, 2.05) is 48.5 Å². The molecule has 12 aromatic rings. The van der Waals surface area contributed by atoms with Crippen LogP contribution in [-0.4, -0.2) is 21.5 Å². The third-order valence-electron chi connectivity index (χ3n) is 13.3. The Morgan fingerprint density at radius 2 is 0.608 bits per heavy atom. The maximum absolute atomic E-state index is 7.37. The molecule has 0 unspecified atom stereocenters. The molecule has 0 radical (unpaired) electrons. The quantitative estimate of drug-likeness (QED) is 0.0402. The zero-order valence-electron chi connectivity index (χ0n) is 40.7. The van der Waals surface area contributed by atoms with Gasteiger partial charge in [0.2, 0.25) is 0 Å². The Bertz CT molecular complexity index is 3600. The molecule has 6 heteroatoms. The van der Waals surface area contributed by atoms with Gasteiger partial charge in [0.15, 0.2) is 0 Å². The number of unbranched alkanes of at least 4 members (excludes halogenated alkanes) is 1. The van der Waals surface area contributed by atoms with E-state index in [0.717, 1.165) is 38.9 Å². The van der Waals surface area contributed by atoms with Gasteiger partial charge in [0, 0.05) is 33.1 Å². The van der Waals surface area contributed by atoms with Crippen molar-refractivity contribution in [2.75, 3.05) is 12.3 Å². The molecular weight excluding hydrogens is 1300 g/mol. The number of hydrogen-bond acceptors (Lipinski definition) is 0. The first-order valence-corrected chi connectivity index (χ1v) is 28.1. The second-order valence-corrected chi connectivity index (χ2v) is 22.9. The normalized spacial score (nSPS) is 10.6. The first-order chi connectivity index (χ1) is 35.7. The molecule has 10 aromatic carbocycles. The van der Waals surface area contributed by atoms with Crippen LogP contribution >= 0.6 is 15.8 Å². The van der Waals surface area contributed by atoms with Gasteiger partial charge < -0.3 is 22.0 Å². The average Bonchev–Trinajstić information content (AvgIpc) is 3.98. The summed E-state index contributed by atoms with van der Waals surface area (Å²) in [5, 5.41) is 10.9. The van der Waals surface area contributed by atoms with Crippen molar-refractivity contribution in [3.8, 4) is 23.2 Å². The Hall–Kier alpha value is -6.74. The van der Waals surface area contributed by atoms with E-state index in [9.17, 15) is 0 Å². The third kappa shape index (κ3) is 12.3. The van der Waals surface area contributed by atoms with Crippen LogP contribution < -0.4 is 21.2 Å². The standard InChI is InChI=1S/C28H28P2.2C20H12N.2Au/c1-5-15-25(16-6-1)29(26-17-7-2-8-18-26)23-13-14-24-30(27-19-9-3-10-20-27)28-21-11-4-12-22-28;1-2-15-12-13-20-18(14-15)17-10-6-7-11-19(17)21(20)16-8-4-3-5-9-16;1-2-15-12-13-18-17-10-6-7-11-19(17)21(20(18)14-15)16-8-4-3-5-9-16;;/h1-12,15-22H,13-14,23-24H2;2*3-14H;;/q;2*-1;2*+1/p+2. The van der Waals surface area contributed by atoms with E-state index in [-0.39, 0.29) is 44.8 Å². The number of para-hydroxylation sites is 4. The second kappa shape index (κ2) is 26.5. The summed E-state index contributed by atoms with van der Waals surface area (Å²) in [5.41, 5.74) is 8.50. The predicted molar refractivity (Wildman–Crippen MR) is 314 cm³/mol. The maximum Gasteiger partial charge on any atom is 1.00 e. The van der Waals surface area contributed by atoms with E-state index in [1.165, 1.54) is 73.6 Å². The fraction of sp³-hybridized carbons (Fsp3) is 0.0588. The van der Waals surface area contributed by atoms with Crippen LogP contribution in [-0.2, 0) is 44.8 Å². The second-order valence-electron chi connectivity index (χ2n) is 17.7. The minimum Gasteiger partial charge on any atom is -0.366 e. The molecule has 0 N–H and O–H groups in total. The van der Waals surface area contributed by atoms with Gasteiger partial charge in [0.1, 0.15) is 0 Å². The minimum atomic E-state index is -0.714. The fourth-order valence-electron chi connectivity index (χ4n) is 9.88. The molecule has 0 fully saturated rings. The van der Waals surface area contributed by atoms with Crippen LogP contribution in [0.15, 0.2) is 267 Å². The van der Waals surface area contributed by atoms with Gasteiger partial charge in [-0.25, -0.2) is 0 Å². The van der Waals surface area contributed by atoms with Crippen LogP contribution in [0.1, 0.15) is 24.0 Å². The molecule has 0 atom stereocenters. The van der Waals surface area contributed by atoms with Crippen molar-refractivity contribution in [2.45, 2.75) is 12.8 Å². The van der Waals surface area contributed by atoms with Gasteiger partial charge in [-0.05, 0) is 103 Å². The van der Waals surface area contributed by atoms with E-state index in [0.29, 0.717) is 0 Å². The molecule has 0 spiro atoms. The summed E-state index contributed by atoms with van der Waals surface area (Å²) in [6.45, 7) is 0. The summed E-state index contributed by atoms with van der Waals surface area (Å²) >= 11 is 0. The van der Waals surface area contributed by atoms with Crippen molar-refractivity contribution >= 4 is 80.7 Å². The van der Waals surface area contributed by atoms with Crippen LogP contribution in [0.5, 0.6) is 0 Å². The number of aromatic nitrogens is 2. The van der Waals surface area contributed by atoms with Crippen molar-refractivity contribution in [2.24, 2.45) is 0 Å². The first kappa shape index (κ1) is 53.5. The van der Waals surface area contributed by atoms with E-state index < -0.39 is 15.8 Å². The summed E-state index contributed by atoms with van der Waals surface area (Å²) in [7, 11) is -1.43. The average molecular weight is 1360 g/mol. The van der Waals surface area contributed by atoms with E-state index in [2.05, 4.69) is 239 Å². The van der Waals surface area contributed by atoms with Gasteiger partial charge in [0.25, 0.3) is 0 Å². The molecule has 0 amide bonds. The number of nitrogens with zero attached hydrogens (tertiary/aromatic N) is 2. The molecule has 366 valence electrons. The summed E-state index contributed by atoms with van der Waals surface area (Å²) < 4.78 is 4.50. The molecule has 74 heavy (non-hydrogen) atoms. The Kier molecular flexibility index (Phi) is 19.2. The molecular formula is C68H54Au2N2P2+2. The molecule has 0 saturated heterocycles. The van der Waals surface area contributed by atoms with Crippen LogP contribution in [0.2, 0.25) is 0 Å². The summed E-state index contributed by atoms with van der Waals surface area (Å²) in [6.07, 6.45) is 19.9. The van der Waals surface area contributed by atoms with Crippen molar-refractivity contribution in [1.29, 1.82) is 0 Å². The molecule has 0 aliphatic heterocycles. The largest absolute Gasteiger partial charge is 1.00 e. The van der Waals surface area contributed by atoms with Crippen LogP contribution in [0.3, 0.4) is 0 Å². The molecule has 0 saturated carbocycles. The first-order valence-electron chi connectivity index (χ1n) is 24.6. The smallest absolute Gasteiger partial charge is 0.366 e. The Labute approximate surface area is 470 Å². The third-order valence-corrected chi connectivity index (χ3v) is 19.1. The summed E-state index contributed by atoms with van der Waals surface area (Å²) in [5.74, 6) is 4.95.